The molecule has 0 atom stereocenters. The van der Waals surface area contributed by atoms with E-state index in [0.717, 1.165) is 5.56 Å². The Hall–Kier alpha value is -2.02. The number of nitrogens with one attached hydrogen (secondary N) is 2. The zero-order valence-corrected chi connectivity index (χ0v) is 19.3. The average Bonchev–Trinajstić information content (AvgIpc) is 2.70. The zero-order chi connectivity index (χ0) is 21.3. The van der Waals surface area contributed by atoms with Gasteiger partial charge in [0.15, 0.2) is 22.4 Å². The minimum absolute atomic E-state index is 0. The summed E-state index contributed by atoms with van der Waals surface area (Å²) in [7, 11) is -1.84. The summed E-state index contributed by atoms with van der Waals surface area (Å²) in [6, 6.07) is 14.3. The number of aliphatic imine (C=N–C) groups is 1. The van der Waals surface area contributed by atoms with Gasteiger partial charge >= 0.3 is 6.18 Å². The van der Waals surface area contributed by atoms with Gasteiger partial charge in [0.1, 0.15) is 5.75 Å². The molecular formula is C19H23F3IN3O3S. The van der Waals surface area contributed by atoms with Gasteiger partial charge in [-0.1, -0.05) is 30.3 Å². The number of halogens is 4. The Morgan fingerprint density at radius 1 is 1.03 bits per heavy atom. The molecule has 2 rings (SSSR count). The van der Waals surface area contributed by atoms with Crippen LogP contribution in [0.5, 0.6) is 5.75 Å². The summed E-state index contributed by atoms with van der Waals surface area (Å²) in [6.45, 7) is -0.821. The third-order valence-electron chi connectivity index (χ3n) is 3.77. The van der Waals surface area contributed by atoms with Crippen molar-refractivity contribution in [2.45, 2.75) is 17.6 Å². The molecule has 0 spiro atoms. The van der Waals surface area contributed by atoms with E-state index in [-0.39, 0.29) is 46.9 Å². The van der Waals surface area contributed by atoms with Gasteiger partial charge in [0, 0.05) is 20.1 Å². The van der Waals surface area contributed by atoms with Crippen LogP contribution in [-0.2, 0) is 16.4 Å². The zero-order valence-electron chi connectivity index (χ0n) is 16.1. The number of ether oxygens (including phenoxy) is 1. The highest BCUT2D eigenvalue weighted by Crippen LogP contribution is 2.18. The van der Waals surface area contributed by atoms with Gasteiger partial charge in [0.25, 0.3) is 0 Å². The van der Waals surface area contributed by atoms with E-state index in [2.05, 4.69) is 20.4 Å². The van der Waals surface area contributed by atoms with E-state index in [0.29, 0.717) is 12.5 Å². The second kappa shape index (κ2) is 12.0. The molecule has 2 aromatic rings. The number of benzene rings is 2. The number of alkyl halides is 3. The molecule has 2 aromatic carbocycles. The van der Waals surface area contributed by atoms with Crippen molar-refractivity contribution < 1.29 is 26.3 Å². The van der Waals surface area contributed by atoms with Crippen LogP contribution in [0.15, 0.2) is 64.5 Å². The van der Waals surface area contributed by atoms with Crippen molar-refractivity contribution in [3.8, 4) is 5.75 Å². The van der Waals surface area contributed by atoms with Gasteiger partial charge in [-0.05, 0) is 29.8 Å². The highest BCUT2D eigenvalue weighted by atomic mass is 127. The van der Waals surface area contributed by atoms with Crippen LogP contribution < -0.4 is 15.4 Å². The van der Waals surface area contributed by atoms with Crippen LogP contribution in [0.2, 0.25) is 0 Å². The Kier molecular flexibility index (Phi) is 10.4. The average molecular weight is 557 g/mol. The van der Waals surface area contributed by atoms with Gasteiger partial charge in [-0.25, -0.2) is 8.42 Å². The van der Waals surface area contributed by atoms with Gasteiger partial charge in [-0.2, -0.15) is 13.2 Å². The highest BCUT2D eigenvalue weighted by Gasteiger charge is 2.28. The van der Waals surface area contributed by atoms with Crippen LogP contribution in [0.25, 0.3) is 0 Å². The lowest BCUT2D eigenvalue weighted by molar-refractivity contribution is -0.153. The largest absolute Gasteiger partial charge is 0.484 e. The second-order valence-electron chi connectivity index (χ2n) is 6.03. The number of hydrogen-bond acceptors (Lipinski definition) is 4. The lowest BCUT2D eigenvalue weighted by atomic mass is 10.2. The van der Waals surface area contributed by atoms with Crippen LogP contribution in [0.4, 0.5) is 13.2 Å². The first-order valence-corrected chi connectivity index (χ1v) is 10.4. The SMILES string of the molecule is CN=C(NCCS(=O)(=O)c1ccccc1)NCc1ccc(OCC(F)(F)F)cc1.I. The quantitative estimate of drug-likeness (QED) is 0.296. The number of nitrogens with zero attached hydrogens (tertiary/aromatic N) is 1. The fourth-order valence-electron chi connectivity index (χ4n) is 2.32. The highest BCUT2D eigenvalue weighted by molar-refractivity contribution is 14.0. The molecule has 0 saturated carbocycles. The summed E-state index contributed by atoms with van der Waals surface area (Å²) in [6.07, 6.45) is -4.38. The number of guanidine groups is 1. The maximum Gasteiger partial charge on any atom is 0.422 e. The standard InChI is InChI=1S/C19H22F3N3O3S.HI/c1-23-18(24-11-12-29(26,27)17-5-3-2-4-6-17)25-13-15-7-9-16(10-8-15)28-14-19(20,21)22;/h2-10H,11-14H2,1H3,(H2,23,24,25);1H. The molecule has 0 fully saturated rings. The van der Waals surface area contributed by atoms with E-state index in [1.807, 2.05) is 0 Å². The van der Waals surface area contributed by atoms with E-state index in [1.54, 1.807) is 49.5 Å². The molecule has 0 amide bonds. The Bertz CT molecular complexity index is 906. The van der Waals surface area contributed by atoms with Crippen LogP contribution in [0.3, 0.4) is 0 Å². The van der Waals surface area contributed by atoms with Crippen molar-refractivity contribution in [3.63, 3.8) is 0 Å². The molecule has 0 saturated heterocycles. The first kappa shape index (κ1) is 26.0. The van der Waals surface area contributed by atoms with E-state index in [4.69, 9.17) is 0 Å². The molecule has 0 heterocycles. The summed E-state index contributed by atoms with van der Waals surface area (Å²) in [4.78, 5) is 4.28. The third kappa shape index (κ3) is 9.20. The molecule has 30 heavy (non-hydrogen) atoms. The smallest absolute Gasteiger partial charge is 0.422 e. The molecule has 0 aromatic heterocycles. The topological polar surface area (TPSA) is 79.8 Å². The Balaban J connectivity index is 0.00000450. The Labute approximate surface area is 190 Å². The maximum atomic E-state index is 12.2. The van der Waals surface area contributed by atoms with Gasteiger partial charge in [-0.3, -0.25) is 4.99 Å². The summed E-state index contributed by atoms with van der Waals surface area (Å²) in [5, 5.41) is 5.93. The van der Waals surface area contributed by atoms with Gasteiger partial charge in [0.2, 0.25) is 0 Å². The van der Waals surface area contributed by atoms with Gasteiger partial charge in [0.05, 0.1) is 10.6 Å². The molecule has 2 N–H and O–H groups in total. The van der Waals surface area contributed by atoms with E-state index in [1.165, 1.54) is 12.1 Å². The van der Waals surface area contributed by atoms with E-state index < -0.39 is 22.6 Å². The third-order valence-corrected chi connectivity index (χ3v) is 5.51. The Morgan fingerprint density at radius 2 is 1.67 bits per heavy atom. The fourth-order valence-corrected chi connectivity index (χ4v) is 3.50. The predicted molar refractivity (Wildman–Crippen MR) is 120 cm³/mol. The lowest BCUT2D eigenvalue weighted by Crippen LogP contribution is -2.39. The minimum Gasteiger partial charge on any atom is -0.484 e. The molecule has 0 aliphatic rings. The van der Waals surface area contributed by atoms with Gasteiger partial charge in [-0.15, -0.1) is 24.0 Å². The van der Waals surface area contributed by atoms with Crippen LogP contribution >= 0.6 is 24.0 Å². The van der Waals surface area contributed by atoms with Crippen LogP contribution in [0, 0.1) is 0 Å². The lowest BCUT2D eigenvalue weighted by Gasteiger charge is -2.13. The normalized spacial score (nSPS) is 12.1. The van der Waals surface area contributed by atoms with Crippen LogP contribution in [-0.4, -0.2) is 46.5 Å². The monoisotopic (exact) mass is 557 g/mol. The summed E-state index contributed by atoms with van der Waals surface area (Å²) in [5.74, 6) is 0.438. The molecular weight excluding hydrogens is 534 g/mol. The fraction of sp³-hybridized carbons (Fsp3) is 0.316. The van der Waals surface area contributed by atoms with Crippen molar-refractivity contribution in [1.29, 1.82) is 0 Å². The summed E-state index contributed by atoms with van der Waals surface area (Å²) in [5.41, 5.74) is 0.796. The van der Waals surface area contributed by atoms with Crippen LogP contribution in [0.1, 0.15) is 5.56 Å². The summed E-state index contributed by atoms with van der Waals surface area (Å²) < 4.78 is 65.6. The van der Waals surface area contributed by atoms with Crippen molar-refractivity contribution in [2.24, 2.45) is 4.99 Å². The van der Waals surface area contributed by atoms with E-state index in [9.17, 15) is 21.6 Å². The molecule has 0 aliphatic heterocycles. The Morgan fingerprint density at radius 3 is 2.23 bits per heavy atom. The first-order chi connectivity index (χ1) is 13.7. The molecule has 6 nitrogen and oxygen atoms in total. The number of hydrogen-bond donors (Lipinski definition) is 2. The van der Waals surface area contributed by atoms with Crippen molar-refractivity contribution in [1.82, 2.24) is 10.6 Å². The second-order valence-corrected chi connectivity index (χ2v) is 8.14. The van der Waals surface area contributed by atoms with E-state index >= 15 is 0 Å². The van der Waals surface area contributed by atoms with Crippen molar-refractivity contribution in [3.05, 3.63) is 60.2 Å². The molecule has 11 heteroatoms. The number of sulfone groups is 1. The predicted octanol–water partition coefficient (Wildman–Crippen LogP) is 3.38. The molecule has 0 bridgehead atoms. The van der Waals surface area contributed by atoms with Crippen molar-refractivity contribution in [2.75, 3.05) is 26.0 Å². The number of rotatable bonds is 8. The van der Waals surface area contributed by atoms with Gasteiger partial charge < -0.3 is 15.4 Å². The first-order valence-electron chi connectivity index (χ1n) is 8.70. The van der Waals surface area contributed by atoms with Crippen molar-refractivity contribution >= 4 is 39.8 Å². The molecule has 0 radical (unpaired) electrons. The molecule has 0 aliphatic carbocycles. The molecule has 166 valence electrons. The maximum absolute atomic E-state index is 12.2. The minimum atomic E-state index is -4.38. The summed E-state index contributed by atoms with van der Waals surface area (Å²) >= 11 is 0. The molecule has 0 unspecified atom stereocenters.